The second-order valence-electron chi connectivity index (χ2n) is 7.32. The molecule has 7 nitrogen and oxygen atoms in total. The fraction of sp³-hybridized carbons (Fsp3) is 0.550. The molecule has 3 heterocycles. The average molecular weight is 371 g/mol. The number of likely N-dealkylation sites (N-methyl/N-ethyl adjacent to an activating group) is 1. The van der Waals surface area contributed by atoms with Gasteiger partial charge in [0.05, 0.1) is 12.3 Å². The summed E-state index contributed by atoms with van der Waals surface area (Å²) in [5, 5.41) is 0. The number of hydrogen-bond donors (Lipinski definition) is 0. The number of methoxy groups -OCH3 is 1. The number of rotatable bonds is 7. The summed E-state index contributed by atoms with van der Waals surface area (Å²) in [5.74, 6) is 1.33. The summed E-state index contributed by atoms with van der Waals surface area (Å²) in [4.78, 5) is 26.1. The number of carbonyl (C=O) groups excluding carboxylic acids is 1. The zero-order chi connectivity index (χ0) is 19.2. The molecule has 1 atom stereocenters. The van der Waals surface area contributed by atoms with E-state index in [1.54, 1.807) is 13.2 Å². The lowest BCUT2D eigenvalue weighted by Gasteiger charge is -2.32. The molecule has 2 aromatic heterocycles. The van der Waals surface area contributed by atoms with Crippen molar-refractivity contribution in [2.45, 2.75) is 31.9 Å². The summed E-state index contributed by atoms with van der Waals surface area (Å²) in [6.07, 6.45) is 5.94. The van der Waals surface area contributed by atoms with Gasteiger partial charge < -0.3 is 19.1 Å². The molecule has 1 aliphatic rings. The minimum Gasteiger partial charge on any atom is -0.378 e. The minimum absolute atomic E-state index is 0.0101. The molecule has 0 aliphatic carbocycles. The van der Waals surface area contributed by atoms with Gasteiger partial charge in [0.1, 0.15) is 11.5 Å². The van der Waals surface area contributed by atoms with E-state index in [-0.39, 0.29) is 11.8 Å². The number of carbonyl (C=O) groups is 1. The lowest BCUT2D eigenvalue weighted by atomic mass is 9.96. The fourth-order valence-corrected chi connectivity index (χ4v) is 3.54. The van der Waals surface area contributed by atoms with Crippen LogP contribution in [0.3, 0.4) is 0 Å². The van der Waals surface area contributed by atoms with E-state index in [9.17, 15) is 4.79 Å². The Hall–Kier alpha value is -2.25. The molecule has 0 radical (unpaired) electrons. The largest absolute Gasteiger partial charge is 0.378 e. The van der Waals surface area contributed by atoms with Gasteiger partial charge in [-0.05, 0) is 39.1 Å². The van der Waals surface area contributed by atoms with Crippen LogP contribution < -0.4 is 0 Å². The van der Waals surface area contributed by atoms with Crippen molar-refractivity contribution in [1.29, 1.82) is 0 Å². The number of likely N-dealkylation sites (tertiary alicyclic amines) is 1. The molecule has 1 amide bonds. The average Bonchev–Trinajstić information content (AvgIpc) is 3.15. The van der Waals surface area contributed by atoms with Gasteiger partial charge in [-0.2, -0.15) is 0 Å². The van der Waals surface area contributed by atoms with Gasteiger partial charge >= 0.3 is 0 Å². The van der Waals surface area contributed by atoms with E-state index in [1.165, 1.54) is 0 Å². The third kappa shape index (κ3) is 4.93. The van der Waals surface area contributed by atoms with Crippen LogP contribution in [-0.4, -0.2) is 71.1 Å². The molecule has 1 fully saturated rings. The summed E-state index contributed by atoms with van der Waals surface area (Å²) in [5.41, 5.74) is 1.26. The summed E-state index contributed by atoms with van der Waals surface area (Å²) in [7, 11) is 5.77. The molecule has 0 spiro atoms. The van der Waals surface area contributed by atoms with Gasteiger partial charge in [-0.25, -0.2) is 9.97 Å². The molecular formula is C20H29N5O2. The Balaban J connectivity index is 1.70. The molecule has 0 bridgehead atoms. The highest BCUT2D eigenvalue weighted by molar-refractivity contribution is 5.92. The van der Waals surface area contributed by atoms with E-state index in [0.717, 1.165) is 44.0 Å². The van der Waals surface area contributed by atoms with Gasteiger partial charge in [-0.1, -0.05) is 6.07 Å². The molecule has 1 saturated heterocycles. The van der Waals surface area contributed by atoms with Gasteiger partial charge in [0.2, 0.25) is 0 Å². The smallest absolute Gasteiger partial charge is 0.272 e. The number of imidazole rings is 1. The van der Waals surface area contributed by atoms with Crippen molar-refractivity contribution in [1.82, 2.24) is 24.3 Å². The van der Waals surface area contributed by atoms with Crippen LogP contribution in [0.1, 0.15) is 40.8 Å². The van der Waals surface area contributed by atoms with Crippen molar-refractivity contribution in [2.75, 3.05) is 40.8 Å². The molecule has 0 N–H and O–H groups in total. The Kier molecular flexibility index (Phi) is 6.58. The third-order valence-electron chi connectivity index (χ3n) is 4.93. The minimum atomic E-state index is -0.0101. The van der Waals surface area contributed by atoms with Crippen molar-refractivity contribution in [2.24, 2.45) is 0 Å². The quantitative estimate of drug-likeness (QED) is 0.745. The summed E-state index contributed by atoms with van der Waals surface area (Å²) in [6, 6.07) is 5.52. The summed E-state index contributed by atoms with van der Waals surface area (Å²) in [6.45, 7) is 3.74. The second-order valence-corrected chi connectivity index (χ2v) is 7.32. The number of pyridine rings is 1. The number of hydrogen-bond acceptors (Lipinski definition) is 5. The highest BCUT2D eigenvalue weighted by Crippen LogP contribution is 2.26. The van der Waals surface area contributed by atoms with Crippen LogP contribution in [0.5, 0.6) is 0 Å². The molecule has 7 heteroatoms. The highest BCUT2D eigenvalue weighted by Gasteiger charge is 2.28. The van der Waals surface area contributed by atoms with Crippen molar-refractivity contribution in [3.8, 4) is 0 Å². The molecular weight excluding hydrogens is 342 g/mol. The van der Waals surface area contributed by atoms with Crippen LogP contribution in [0.2, 0.25) is 0 Å². The van der Waals surface area contributed by atoms with Crippen molar-refractivity contribution in [3.63, 3.8) is 0 Å². The standard InChI is InChI=1S/C20H29N5O2/c1-23(2)12-13-24-11-9-21-19(24)16-6-5-10-25(14-16)20(26)18-8-4-7-17(22-18)15-27-3/h4,7-9,11,16H,5-6,10,12-15H2,1-3H3/t16-/m1/s1. The maximum Gasteiger partial charge on any atom is 0.272 e. The first-order chi connectivity index (χ1) is 13.1. The van der Waals surface area contributed by atoms with Crippen LogP contribution >= 0.6 is 0 Å². The van der Waals surface area contributed by atoms with E-state index in [0.29, 0.717) is 18.8 Å². The molecule has 27 heavy (non-hydrogen) atoms. The first-order valence-electron chi connectivity index (χ1n) is 9.48. The zero-order valence-corrected chi connectivity index (χ0v) is 16.5. The van der Waals surface area contributed by atoms with Gasteiger partial charge in [0.15, 0.2) is 0 Å². The van der Waals surface area contributed by atoms with Crippen LogP contribution in [0, 0.1) is 0 Å². The van der Waals surface area contributed by atoms with Crippen molar-refractivity contribution < 1.29 is 9.53 Å². The molecule has 3 rings (SSSR count). The van der Waals surface area contributed by atoms with Crippen molar-refractivity contribution >= 4 is 5.91 Å². The second kappa shape index (κ2) is 9.10. The van der Waals surface area contributed by atoms with Crippen LogP contribution in [0.15, 0.2) is 30.6 Å². The Labute approximate surface area is 161 Å². The topological polar surface area (TPSA) is 63.5 Å². The predicted octanol–water partition coefficient (Wildman–Crippen LogP) is 2.01. The molecule has 2 aromatic rings. The Bertz CT molecular complexity index is 758. The van der Waals surface area contributed by atoms with Crippen LogP contribution in [0.25, 0.3) is 0 Å². The van der Waals surface area contributed by atoms with E-state index < -0.39 is 0 Å². The van der Waals surface area contributed by atoms with E-state index in [1.807, 2.05) is 29.4 Å². The van der Waals surface area contributed by atoms with E-state index in [2.05, 4.69) is 33.5 Å². The molecule has 0 saturated carbocycles. The predicted molar refractivity (Wildman–Crippen MR) is 104 cm³/mol. The number of nitrogens with zero attached hydrogens (tertiary/aromatic N) is 5. The maximum absolute atomic E-state index is 13.0. The van der Waals surface area contributed by atoms with E-state index >= 15 is 0 Å². The SMILES string of the molecule is COCc1cccc(C(=O)N2CCC[C@@H](c3nccn3CCN(C)C)C2)n1. The molecule has 0 unspecified atom stereocenters. The third-order valence-corrected chi connectivity index (χ3v) is 4.93. The van der Waals surface area contributed by atoms with Gasteiger partial charge in [-0.15, -0.1) is 0 Å². The monoisotopic (exact) mass is 371 g/mol. The van der Waals surface area contributed by atoms with Gasteiger partial charge in [-0.3, -0.25) is 4.79 Å². The number of ether oxygens (including phenoxy) is 1. The number of aromatic nitrogens is 3. The Morgan fingerprint density at radius 3 is 3.00 bits per heavy atom. The van der Waals surface area contributed by atoms with Crippen LogP contribution in [0.4, 0.5) is 0 Å². The molecule has 1 aliphatic heterocycles. The Morgan fingerprint density at radius 1 is 1.37 bits per heavy atom. The Morgan fingerprint density at radius 2 is 2.22 bits per heavy atom. The van der Waals surface area contributed by atoms with Gasteiger partial charge in [0, 0.05) is 51.6 Å². The van der Waals surface area contributed by atoms with Gasteiger partial charge in [0.25, 0.3) is 5.91 Å². The lowest BCUT2D eigenvalue weighted by Crippen LogP contribution is -2.40. The first-order valence-corrected chi connectivity index (χ1v) is 9.48. The normalized spacial score (nSPS) is 17.5. The van der Waals surface area contributed by atoms with Crippen molar-refractivity contribution in [3.05, 3.63) is 47.8 Å². The number of amides is 1. The first kappa shape index (κ1) is 19.5. The number of piperidine rings is 1. The molecule has 146 valence electrons. The van der Waals surface area contributed by atoms with Crippen LogP contribution in [-0.2, 0) is 17.9 Å². The highest BCUT2D eigenvalue weighted by atomic mass is 16.5. The van der Waals surface area contributed by atoms with E-state index in [4.69, 9.17) is 4.74 Å². The zero-order valence-electron chi connectivity index (χ0n) is 16.5. The lowest BCUT2D eigenvalue weighted by molar-refractivity contribution is 0.0696. The maximum atomic E-state index is 13.0. The summed E-state index contributed by atoms with van der Waals surface area (Å²) < 4.78 is 7.34. The summed E-state index contributed by atoms with van der Waals surface area (Å²) >= 11 is 0. The fourth-order valence-electron chi connectivity index (χ4n) is 3.54. The molecule has 0 aromatic carbocycles.